The summed E-state index contributed by atoms with van der Waals surface area (Å²) in [6.07, 6.45) is 75.0. The Morgan fingerprint density at radius 2 is 0.710 bits per heavy atom. The average Bonchev–Trinajstić information content (AvgIpc) is 3.28. The van der Waals surface area contributed by atoms with Gasteiger partial charge in [0.2, 0.25) is 5.91 Å². The second-order valence-electron chi connectivity index (χ2n) is 18.6. The SMILES string of the molecule is CC/C=C\C/C=C\C/C=C\C/C=C\C/C=C\CCCCCCCCCCCCCCCCCCCCCCCC(=O)NC(CO)C(O)CCCCCCCCCCCCCCC. The van der Waals surface area contributed by atoms with E-state index in [1.807, 2.05) is 0 Å². The molecule has 0 saturated heterocycles. The Bertz CT molecular complexity index is 1030. The van der Waals surface area contributed by atoms with Gasteiger partial charge in [-0.05, 0) is 57.8 Å². The summed E-state index contributed by atoms with van der Waals surface area (Å²) in [7, 11) is 0. The number of carbonyl (C=O) groups excluding carboxylic acids is 1. The van der Waals surface area contributed by atoms with E-state index < -0.39 is 12.1 Å². The lowest BCUT2D eigenvalue weighted by Gasteiger charge is -2.22. The van der Waals surface area contributed by atoms with Crippen molar-refractivity contribution in [2.45, 2.75) is 296 Å². The minimum absolute atomic E-state index is 0.0287. The highest BCUT2D eigenvalue weighted by molar-refractivity contribution is 5.76. The van der Waals surface area contributed by atoms with E-state index in [4.69, 9.17) is 0 Å². The number of hydrogen-bond donors (Lipinski definition) is 3. The zero-order valence-corrected chi connectivity index (χ0v) is 41.6. The molecule has 0 aromatic heterocycles. The van der Waals surface area contributed by atoms with Gasteiger partial charge in [-0.1, -0.05) is 280 Å². The van der Waals surface area contributed by atoms with Gasteiger partial charge in [-0.25, -0.2) is 0 Å². The Labute approximate surface area is 387 Å². The van der Waals surface area contributed by atoms with Gasteiger partial charge >= 0.3 is 0 Å². The molecule has 0 saturated carbocycles. The molecule has 0 aromatic carbocycles. The van der Waals surface area contributed by atoms with Gasteiger partial charge in [-0.2, -0.15) is 0 Å². The summed E-state index contributed by atoms with van der Waals surface area (Å²) in [5, 5.41) is 23.2. The smallest absolute Gasteiger partial charge is 0.220 e. The largest absolute Gasteiger partial charge is 0.394 e. The summed E-state index contributed by atoms with van der Waals surface area (Å²) >= 11 is 0. The van der Waals surface area contributed by atoms with Crippen LogP contribution in [0.15, 0.2) is 60.8 Å². The number of hydrogen-bond acceptors (Lipinski definition) is 3. The Balaban J connectivity index is 3.41. The second kappa shape index (κ2) is 53.4. The molecule has 0 rings (SSSR count). The molecular formula is C58H107NO3. The molecule has 3 N–H and O–H groups in total. The monoisotopic (exact) mass is 866 g/mol. The van der Waals surface area contributed by atoms with Crippen molar-refractivity contribution in [3.05, 3.63) is 60.8 Å². The highest BCUT2D eigenvalue weighted by Crippen LogP contribution is 2.17. The van der Waals surface area contributed by atoms with Crippen LogP contribution in [0.3, 0.4) is 0 Å². The fourth-order valence-electron chi connectivity index (χ4n) is 8.39. The van der Waals surface area contributed by atoms with E-state index in [0.29, 0.717) is 12.8 Å². The summed E-state index contributed by atoms with van der Waals surface area (Å²) in [6.45, 7) is 4.25. The molecule has 0 aromatic rings. The Morgan fingerprint density at radius 1 is 0.403 bits per heavy atom. The second-order valence-corrected chi connectivity index (χ2v) is 18.6. The van der Waals surface area contributed by atoms with Gasteiger partial charge in [0.25, 0.3) is 0 Å². The maximum atomic E-state index is 12.5. The first kappa shape index (κ1) is 60.1. The van der Waals surface area contributed by atoms with Crippen molar-refractivity contribution in [1.29, 1.82) is 0 Å². The summed E-state index contributed by atoms with van der Waals surface area (Å²) < 4.78 is 0. The summed E-state index contributed by atoms with van der Waals surface area (Å²) in [5.41, 5.74) is 0. The molecule has 4 heteroatoms. The van der Waals surface area contributed by atoms with Gasteiger partial charge in [0.1, 0.15) is 0 Å². The number of unbranched alkanes of at least 4 members (excludes halogenated alkanes) is 33. The molecule has 0 spiro atoms. The standard InChI is InChI=1S/C58H107NO3/c1-3-5-7-9-11-13-15-17-18-19-20-21-22-23-24-25-26-27-28-29-30-31-32-33-34-35-36-37-38-39-40-42-44-46-48-50-52-54-58(62)59-56(55-60)57(61)53-51-49-47-45-43-41-16-14-12-10-8-6-4-2/h5,7,11,13,17-18,20-21,23-24,56-57,60-61H,3-4,6,8-10,12,14-16,19,22,25-55H2,1-2H3,(H,59,62)/b7-5-,13-11-,18-17-,21-20-,24-23-. The van der Waals surface area contributed by atoms with E-state index in [-0.39, 0.29) is 12.5 Å². The lowest BCUT2D eigenvalue weighted by Crippen LogP contribution is -2.45. The molecule has 362 valence electrons. The highest BCUT2D eigenvalue weighted by atomic mass is 16.3. The van der Waals surface area contributed by atoms with Crippen LogP contribution in [-0.2, 0) is 4.79 Å². The maximum absolute atomic E-state index is 12.5. The molecule has 0 aliphatic heterocycles. The Morgan fingerprint density at radius 3 is 1.06 bits per heavy atom. The van der Waals surface area contributed by atoms with Crippen molar-refractivity contribution in [2.24, 2.45) is 0 Å². The lowest BCUT2D eigenvalue weighted by atomic mass is 10.0. The molecule has 0 bridgehead atoms. The third kappa shape index (κ3) is 49.1. The first-order chi connectivity index (χ1) is 30.7. The number of allylic oxidation sites excluding steroid dienone is 10. The van der Waals surface area contributed by atoms with Crippen molar-refractivity contribution in [3.63, 3.8) is 0 Å². The fourth-order valence-corrected chi connectivity index (χ4v) is 8.39. The van der Waals surface area contributed by atoms with Crippen molar-refractivity contribution >= 4 is 5.91 Å². The van der Waals surface area contributed by atoms with Crippen molar-refractivity contribution in [3.8, 4) is 0 Å². The molecule has 0 aliphatic carbocycles. The van der Waals surface area contributed by atoms with E-state index >= 15 is 0 Å². The zero-order valence-electron chi connectivity index (χ0n) is 41.6. The van der Waals surface area contributed by atoms with Gasteiger partial charge in [-0.15, -0.1) is 0 Å². The number of rotatable bonds is 50. The summed E-state index contributed by atoms with van der Waals surface area (Å²) in [5.74, 6) is -0.0287. The molecule has 62 heavy (non-hydrogen) atoms. The predicted molar refractivity (Wildman–Crippen MR) is 276 cm³/mol. The van der Waals surface area contributed by atoms with Crippen LogP contribution in [0.4, 0.5) is 0 Å². The van der Waals surface area contributed by atoms with Gasteiger partial charge in [0.15, 0.2) is 0 Å². The molecule has 0 aliphatic rings. The summed E-state index contributed by atoms with van der Waals surface area (Å²) in [4.78, 5) is 12.5. The van der Waals surface area contributed by atoms with E-state index in [1.165, 1.54) is 199 Å². The zero-order chi connectivity index (χ0) is 44.9. The van der Waals surface area contributed by atoms with Crippen LogP contribution in [-0.4, -0.2) is 34.9 Å². The van der Waals surface area contributed by atoms with Gasteiger partial charge < -0.3 is 15.5 Å². The van der Waals surface area contributed by atoms with Crippen molar-refractivity contribution in [2.75, 3.05) is 6.61 Å². The normalized spacial score (nSPS) is 13.3. The van der Waals surface area contributed by atoms with E-state index in [0.717, 1.165) is 57.8 Å². The molecule has 0 radical (unpaired) electrons. The van der Waals surface area contributed by atoms with Crippen LogP contribution >= 0.6 is 0 Å². The predicted octanol–water partition coefficient (Wildman–Crippen LogP) is 18.0. The van der Waals surface area contributed by atoms with Gasteiger partial charge in [0.05, 0.1) is 18.8 Å². The highest BCUT2D eigenvalue weighted by Gasteiger charge is 2.20. The fraction of sp³-hybridized carbons (Fsp3) is 0.810. The minimum atomic E-state index is -0.658. The van der Waals surface area contributed by atoms with Crippen molar-refractivity contribution < 1.29 is 15.0 Å². The molecule has 2 unspecified atom stereocenters. The van der Waals surface area contributed by atoms with Crippen LogP contribution < -0.4 is 5.32 Å². The molecule has 1 amide bonds. The van der Waals surface area contributed by atoms with Crippen LogP contribution in [0.5, 0.6) is 0 Å². The number of carbonyl (C=O) groups is 1. The van der Waals surface area contributed by atoms with Crippen LogP contribution in [0, 0.1) is 0 Å². The first-order valence-electron chi connectivity index (χ1n) is 27.5. The first-order valence-corrected chi connectivity index (χ1v) is 27.5. The van der Waals surface area contributed by atoms with Gasteiger partial charge in [-0.3, -0.25) is 4.79 Å². The van der Waals surface area contributed by atoms with Crippen LogP contribution in [0.25, 0.3) is 0 Å². The average molecular weight is 866 g/mol. The van der Waals surface area contributed by atoms with Crippen molar-refractivity contribution in [1.82, 2.24) is 5.32 Å². The number of nitrogens with one attached hydrogen (secondary N) is 1. The maximum Gasteiger partial charge on any atom is 0.220 e. The summed E-state index contributed by atoms with van der Waals surface area (Å²) in [6, 6.07) is -0.535. The third-order valence-electron chi connectivity index (χ3n) is 12.5. The third-order valence-corrected chi connectivity index (χ3v) is 12.5. The lowest BCUT2D eigenvalue weighted by molar-refractivity contribution is -0.123. The van der Waals surface area contributed by atoms with E-state index in [1.54, 1.807) is 0 Å². The quantitative estimate of drug-likeness (QED) is 0.0421. The minimum Gasteiger partial charge on any atom is -0.394 e. The number of aliphatic hydroxyl groups excluding tert-OH is 2. The van der Waals surface area contributed by atoms with E-state index in [9.17, 15) is 15.0 Å². The molecule has 4 nitrogen and oxygen atoms in total. The van der Waals surface area contributed by atoms with Crippen LogP contribution in [0.1, 0.15) is 284 Å². The van der Waals surface area contributed by atoms with E-state index in [2.05, 4.69) is 79.9 Å². The Hall–Kier alpha value is -1.91. The number of amides is 1. The molecular weight excluding hydrogens is 759 g/mol. The molecule has 0 heterocycles. The van der Waals surface area contributed by atoms with Gasteiger partial charge in [0, 0.05) is 6.42 Å². The molecule has 2 atom stereocenters. The number of aliphatic hydroxyl groups is 2. The molecule has 0 fully saturated rings. The topological polar surface area (TPSA) is 69.6 Å². The Kier molecular flexibility index (Phi) is 51.8. The van der Waals surface area contributed by atoms with Crippen LogP contribution in [0.2, 0.25) is 0 Å².